The van der Waals surface area contributed by atoms with Crippen LogP contribution in [-0.2, 0) is 23.4 Å². The van der Waals surface area contributed by atoms with Gasteiger partial charge in [0.05, 0.1) is 13.2 Å². The van der Waals surface area contributed by atoms with Gasteiger partial charge in [0.15, 0.2) is 16.1 Å². The van der Waals surface area contributed by atoms with E-state index < -0.39 is 9.76 Å². The standard InChI is InChI=1S/C11H24O5Si/c1-12-11(13-2)4-6-16-17-7-3-5-14-8-10-9-15-10/h10-11H,3-9,17H2,1-2H3. The Morgan fingerprint density at radius 2 is 2.06 bits per heavy atom. The molecule has 0 spiro atoms. The minimum atomic E-state index is -0.401. The van der Waals surface area contributed by atoms with Crippen molar-refractivity contribution in [1.29, 1.82) is 0 Å². The summed E-state index contributed by atoms with van der Waals surface area (Å²) in [7, 11) is 2.89. The maximum Gasteiger partial charge on any atom is 0.161 e. The van der Waals surface area contributed by atoms with E-state index in [1.165, 1.54) is 0 Å². The Kier molecular flexibility index (Phi) is 8.86. The number of epoxide rings is 1. The van der Waals surface area contributed by atoms with Gasteiger partial charge < -0.3 is 23.4 Å². The van der Waals surface area contributed by atoms with Gasteiger partial charge in [-0.05, 0) is 12.5 Å². The van der Waals surface area contributed by atoms with Crippen LogP contribution in [0.15, 0.2) is 0 Å². The van der Waals surface area contributed by atoms with E-state index in [0.29, 0.717) is 6.10 Å². The second-order valence-corrected chi connectivity index (χ2v) is 5.56. The molecule has 0 aromatic carbocycles. The molecule has 1 saturated heterocycles. The molecule has 6 heteroatoms. The third kappa shape index (κ3) is 8.70. The third-order valence-electron chi connectivity index (χ3n) is 2.56. The molecule has 17 heavy (non-hydrogen) atoms. The quantitative estimate of drug-likeness (QED) is 0.220. The number of ether oxygens (including phenoxy) is 4. The first-order valence-electron chi connectivity index (χ1n) is 6.19. The first-order valence-corrected chi connectivity index (χ1v) is 7.77. The van der Waals surface area contributed by atoms with Crippen LogP contribution in [0.25, 0.3) is 0 Å². The van der Waals surface area contributed by atoms with E-state index in [0.717, 1.165) is 45.3 Å². The average Bonchev–Trinajstić information content (AvgIpc) is 3.16. The van der Waals surface area contributed by atoms with Gasteiger partial charge in [0, 0.05) is 33.9 Å². The summed E-state index contributed by atoms with van der Waals surface area (Å²) in [6.45, 7) is 3.19. The van der Waals surface area contributed by atoms with Crippen molar-refractivity contribution in [2.75, 3.05) is 40.6 Å². The summed E-state index contributed by atoms with van der Waals surface area (Å²) in [6, 6.07) is 1.16. The van der Waals surface area contributed by atoms with Crippen LogP contribution >= 0.6 is 0 Å². The van der Waals surface area contributed by atoms with E-state index in [2.05, 4.69) is 0 Å². The van der Waals surface area contributed by atoms with E-state index in [1.54, 1.807) is 14.2 Å². The van der Waals surface area contributed by atoms with E-state index in [4.69, 9.17) is 23.4 Å². The van der Waals surface area contributed by atoms with Gasteiger partial charge in [-0.15, -0.1) is 0 Å². The van der Waals surface area contributed by atoms with Crippen LogP contribution in [0.2, 0.25) is 6.04 Å². The first kappa shape index (κ1) is 15.1. The summed E-state index contributed by atoms with van der Waals surface area (Å²) in [6.07, 6.45) is 2.14. The minimum Gasteiger partial charge on any atom is -0.424 e. The molecule has 0 bridgehead atoms. The fraction of sp³-hybridized carbons (Fsp3) is 1.00. The van der Waals surface area contributed by atoms with Crippen molar-refractivity contribution < 1.29 is 23.4 Å². The molecule has 0 aromatic heterocycles. The molecule has 5 nitrogen and oxygen atoms in total. The first-order chi connectivity index (χ1) is 8.36. The van der Waals surface area contributed by atoms with Gasteiger partial charge in [0.25, 0.3) is 0 Å². The van der Waals surface area contributed by atoms with Crippen molar-refractivity contribution in [1.82, 2.24) is 0 Å². The van der Waals surface area contributed by atoms with Crippen LogP contribution in [0, 0.1) is 0 Å². The van der Waals surface area contributed by atoms with Crippen LogP contribution in [0.5, 0.6) is 0 Å². The lowest BCUT2D eigenvalue weighted by Gasteiger charge is -2.13. The molecule has 1 aliphatic rings. The van der Waals surface area contributed by atoms with Crippen LogP contribution in [-0.4, -0.2) is 62.8 Å². The fourth-order valence-corrected chi connectivity index (χ4v) is 2.38. The predicted molar refractivity (Wildman–Crippen MR) is 66.9 cm³/mol. The molecular formula is C11H24O5Si. The van der Waals surface area contributed by atoms with Crippen molar-refractivity contribution in [3.63, 3.8) is 0 Å². The van der Waals surface area contributed by atoms with E-state index in [-0.39, 0.29) is 6.29 Å². The fourth-order valence-electron chi connectivity index (χ4n) is 1.40. The number of methoxy groups -OCH3 is 2. The molecular weight excluding hydrogens is 240 g/mol. The average molecular weight is 264 g/mol. The largest absolute Gasteiger partial charge is 0.424 e. The lowest BCUT2D eigenvalue weighted by Crippen LogP contribution is -2.16. The highest BCUT2D eigenvalue weighted by Gasteiger charge is 2.21. The Morgan fingerprint density at radius 1 is 1.29 bits per heavy atom. The monoisotopic (exact) mass is 264 g/mol. The normalized spacial score (nSPS) is 19.6. The van der Waals surface area contributed by atoms with Crippen molar-refractivity contribution in [3.8, 4) is 0 Å². The highest BCUT2D eigenvalue weighted by Crippen LogP contribution is 2.08. The summed E-state index contributed by atoms with van der Waals surface area (Å²) in [5, 5.41) is 0. The lowest BCUT2D eigenvalue weighted by molar-refractivity contribution is -0.110. The Labute approximate surface area is 106 Å². The predicted octanol–water partition coefficient (Wildman–Crippen LogP) is 0.320. The van der Waals surface area contributed by atoms with E-state index in [9.17, 15) is 0 Å². The molecule has 1 aliphatic heterocycles. The van der Waals surface area contributed by atoms with E-state index >= 15 is 0 Å². The zero-order chi connectivity index (χ0) is 12.3. The van der Waals surface area contributed by atoms with Gasteiger partial charge in [-0.1, -0.05) is 0 Å². The highest BCUT2D eigenvalue weighted by atomic mass is 28.2. The van der Waals surface area contributed by atoms with Gasteiger partial charge in [-0.3, -0.25) is 0 Å². The second kappa shape index (κ2) is 9.99. The van der Waals surface area contributed by atoms with Crippen LogP contribution in [0.1, 0.15) is 12.8 Å². The highest BCUT2D eigenvalue weighted by molar-refractivity contribution is 6.26. The summed E-state index contributed by atoms with van der Waals surface area (Å²) in [5.74, 6) is 0. The lowest BCUT2D eigenvalue weighted by atomic mass is 10.4. The van der Waals surface area contributed by atoms with Gasteiger partial charge in [0.2, 0.25) is 0 Å². The Morgan fingerprint density at radius 3 is 2.71 bits per heavy atom. The summed E-state index contributed by atoms with van der Waals surface area (Å²) >= 11 is 0. The zero-order valence-corrected chi connectivity index (χ0v) is 12.3. The van der Waals surface area contributed by atoms with Crippen LogP contribution in [0.3, 0.4) is 0 Å². The van der Waals surface area contributed by atoms with Gasteiger partial charge in [-0.25, -0.2) is 0 Å². The van der Waals surface area contributed by atoms with Crippen LogP contribution < -0.4 is 0 Å². The van der Waals surface area contributed by atoms with Crippen molar-refractivity contribution in [3.05, 3.63) is 0 Å². The zero-order valence-electron chi connectivity index (χ0n) is 10.9. The third-order valence-corrected chi connectivity index (χ3v) is 3.92. The maximum atomic E-state index is 5.61. The van der Waals surface area contributed by atoms with Crippen molar-refractivity contribution in [2.45, 2.75) is 31.3 Å². The minimum absolute atomic E-state index is 0.133. The summed E-state index contributed by atoms with van der Waals surface area (Å²) < 4.78 is 26.2. The number of hydrogen-bond acceptors (Lipinski definition) is 5. The van der Waals surface area contributed by atoms with Gasteiger partial charge in [-0.2, -0.15) is 0 Å². The topological polar surface area (TPSA) is 49.5 Å². The summed E-state index contributed by atoms with van der Waals surface area (Å²) in [4.78, 5) is 0. The van der Waals surface area contributed by atoms with E-state index in [1.807, 2.05) is 0 Å². The maximum absolute atomic E-state index is 5.61. The Balaban J connectivity index is 1.71. The Hall–Kier alpha value is 0.0169. The molecule has 0 saturated carbocycles. The molecule has 102 valence electrons. The van der Waals surface area contributed by atoms with Gasteiger partial charge >= 0.3 is 0 Å². The molecule has 0 amide bonds. The molecule has 0 aromatic rings. The molecule has 0 radical (unpaired) electrons. The molecule has 1 unspecified atom stereocenters. The molecule has 1 atom stereocenters. The smallest absolute Gasteiger partial charge is 0.161 e. The molecule has 1 fully saturated rings. The molecule has 0 N–H and O–H groups in total. The van der Waals surface area contributed by atoms with Crippen molar-refractivity contribution in [2.24, 2.45) is 0 Å². The molecule has 1 heterocycles. The second-order valence-electron chi connectivity index (χ2n) is 4.04. The van der Waals surface area contributed by atoms with Crippen molar-refractivity contribution >= 4 is 9.76 Å². The molecule has 1 rings (SSSR count). The number of hydrogen-bond donors (Lipinski definition) is 0. The number of rotatable bonds is 12. The van der Waals surface area contributed by atoms with Crippen LogP contribution in [0.4, 0.5) is 0 Å². The molecule has 0 aliphatic carbocycles. The van der Waals surface area contributed by atoms with Gasteiger partial charge in [0.1, 0.15) is 6.10 Å². The Bertz CT molecular complexity index is 173. The SMILES string of the molecule is COC(CCO[SiH2]CCCOCC1CO1)OC. The summed E-state index contributed by atoms with van der Waals surface area (Å²) in [5.41, 5.74) is 0.